The Morgan fingerprint density at radius 1 is 0.720 bits per heavy atom. The number of carboxylic acids is 2. The van der Waals surface area contributed by atoms with Crippen LogP contribution in [0.15, 0.2) is 24.3 Å². The Bertz CT molecular complexity index is 437. The Labute approximate surface area is 187 Å². The molecule has 0 atom stereocenters. The molecular formula is C16H22BaO8. The van der Waals surface area contributed by atoms with Gasteiger partial charge in [-0.3, -0.25) is 0 Å². The number of esters is 2. The third kappa shape index (κ3) is 28.0. The van der Waals surface area contributed by atoms with Crippen molar-refractivity contribution in [1.29, 1.82) is 0 Å². The van der Waals surface area contributed by atoms with Crippen molar-refractivity contribution in [1.82, 2.24) is 0 Å². The molecule has 0 aliphatic heterocycles. The Morgan fingerprint density at radius 3 is 1.20 bits per heavy atom. The van der Waals surface area contributed by atoms with E-state index in [9.17, 15) is 29.4 Å². The number of ether oxygens (including phenoxy) is 2. The van der Waals surface area contributed by atoms with Gasteiger partial charge in [0.1, 0.15) is 0 Å². The monoisotopic (exact) mass is 480 g/mol. The fourth-order valence-corrected chi connectivity index (χ4v) is 0.866. The molecule has 0 saturated heterocycles. The molecule has 0 fully saturated rings. The summed E-state index contributed by atoms with van der Waals surface area (Å²) >= 11 is 0. The van der Waals surface area contributed by atoms with Gasteiger partial charge in [-0.2, -0.15) is 0 Å². The van der Waals surface area contributed by atoms with Crippen molar-refractivity contribution in [2.75, 3.05) is 13.2 Å². The quantitative estimate of drug-likeness (QED) is 0.236. The molecular weight excluding hydrogens is 457 g/mol. The first kappa shape index (κ1) is 28.7. The van der Waals surface area contributed by atoms with Gasteiger partial charge in [0, 0.05) is 12.2 Å². The van der Waals surface area contributed by atoms with E-state index in [1.54, 1.807) is 0 Å². The van der Waals surface area contributed by atoms with E-state index in [-0.39, 0.29) is 73.9 Å². The molecule has 0 saturated carbocycles. The van der Waals surface area contributed by atoms with E-state index in [1.807, 2.05) is 27.7 Å². The molecule has 136 valence electrons. The van der Waals surface area contributed by atoms with Gasteiger partial charge < -0.3 is 29.3 Å². The fourth-order valence-electron chi connectivity index (χ4n) is 0.866. The van der Waals surface area contributed by atoms with Crippen LogP contribution < -0.4 is 10.2 Å². The second kappa shape index (κ2) is 17.7. The largest absolute Gasteiger partial charge is 2.00 e. The van der Waals surface area contributed by atoms with Crippen molar-refractivity contribution in [2.45, 2.75) is 27.7 Å². The predicted molar refractivity (Wildman–Crippen MR) is 85.6 cm³/mol. The average Bonchev–Trinajstić information content (AvgIpc) is 2.47. The first-order valence-electron chi connectivity index (χ1n) is 7.16. The van der Waals surface area contributed by atoms with Crippen molar-refractivity contribution < 1.29 is 38.9 Å². The number of carbonyl (C=O) groups excluding carboxylic acids is 4. The van der Waals surface area contributed by atoms with Crippen molar-refractivity contribution >= 4 is 72.8 Å². The van der Waals surface area contributed by atoms with E-state index >= 15 is 0 Å². The van der Waals surface area contributed by atoms with Crippen molar-refractivity contribution in [3.8, 4) is 0 Å². The Kier molecular flexibility index (Phi) is 20.4. The van der Waals surface area contributed by atoms with Crippen molar-refractivity contribution in [3.05, 3.63) is 24.3 Å². The SMILES string of the molecule is CC(C)COC(=O)/C=C\C(=O)[O-].CC(C)COC(=O)/C=C\C(=O)[O-].[Ba+2]. The fraction of sp³-hybridized carbons (Fsp3) is 0.500. The molecule has 0 aliphatic rings. The van der Waals surface area contributed by atoms with E-state index in [4.69, 9.17) is 0 Å². The van der Waals surface area contributed by atoms with Crippen LogP contribution in [-0.2, 0) is 28.7 Å². The number of carboxylic acid groups (broad SMARTS) is 2. The smallest absolute Gasteiger partial charge is 0.545 e. The summed E-state index contributed by atoms with van der Waals surface area (Å²) in [5.74, 6) is -3.65. The standard InChI is InChI=1S/2C8H12O4.Ba/c2*1-6(2)5-12-8(11)4-3-7(9)10;/h2*3-4,6H,5H2,1-2H3,(H,9,10);/q;;+2/p-2/b2*4-3-;. The molecule has 0 aromatic carbocycles. The topological polar surface area (TPSA) is 133 Å². The molecule has 0 N–H and O–H groups in total. The van der Waals surface area contributed by atoms with Crippen LogP contribution >= 0.6 is 0 Å². The minimum Gasteiger partial charge on any atom is -0.545 e. The second-order valence-electron chi connectivity index (χ2n) is 5.35. The van der Waals surface area contributed by atoms with Gasteiger partial charge >= 0.3 is 60.8 Å². The molecule has 0 aromatic rings. The van der Waals surface area contributed by atoms with Gasteiger partial charge in [0.15, 0.2) is 0 Å². The normalized spacial score (nSPS) is 10.2. The molecule has 0 amide bonds. The molecule has 25 heavy (non-hydrogen) atoms. The van der Waals surface area contributed by atoms with Gasteiger partial charge in [-0.25, -0.2) is 9.59 Å². The van der Waals surface area contributed by atoms with Crippen LogP contribution in [0.4, 0.5) is 0 Å². The number of aliphatic carboxylic acids is 2. The van der Waals surface area contributed by atoms with Gasteiger partial charge in [-0.15, -0.1) is 0 Å². The van der Waals surface area contributed by atoms with Gasteiger partial charge in [0.2, 0.25) is 0 Å². The van der Waals surface area contributed by atoms with Crippen LogP contribution in [0.2, 0.25) is 0 Å². The molecule has 0 bridgehead atoms. The van der Waals surface area contributed by atoms with Crippen LogP contribution in [0.5, 0.6) is 0 Å². The molecule has 0 spiro atoms. The summed E-state index contributed by atoms with van der Waals surface area (Å²) in [5.41, 5.74) is 0. The Balaban J connectivity index is -0.000000372. The Morgan fingerprint density at radius 2 is 1.00 bits per heavy atom. The first-order chi connectivity index (χ1) is 11.0. The average molecular weight is 480 g/mol. The molecule has 0 unspecified atom stereocenters. The summed E-state index contributed by atoms with van der Waals surface area (Å²) in [7, 11) is 0. The summed E-state index contributed by atoms with van der Waals surface area (Å²) < 4.78 is 9.27. The molecule has 0 rings (SSSR count). The van der Waals surface area contributed by atoms with Gasteiger partial charge in [0.25, 0.3) is 0 Å². The van der Waals surface area contributed by atoms with Crippen LogP contribution in [0.25, 0.3) is 0 Å². The molecule has 0 heterocycles. The summed E-state index contributed by atoms with van der Waals surface area (Å²) in [5, 5.41) is 19.7. The van der Waals surface area contributed by atoms with Crippen LogP contribution in [0.1, 0.15) is 27.7 Å². The summed E-state index contributed by atoms with van der Waals surface area (Å²) in [6.45, 7) is 8.11. The van der Waals surface area contributed by atoms with Gasteiger partial charge in [-0.05, 0) is 24.0 Å². The van der Waals surface area contributed by atoms with Crippen LogP contribution in [0.3, 0.4) is 0 Å². The minimum atomic E-state index is -1.41. The maximum absolute atomic E-state index is 10.7. The third-order valence-corrected chi connectivity index (χ3v) is 1.83. The maximum atomic E-state index is 10.7. The summed E-state index contributed by atoms with van der Waals surface area (Å²) in [6.07, 6.45) is 2.95. The zero-order valence-corrected chi connectivity index (χ0v) is 19.3. The Hall–Kier alpha value is -1.07. The number of rotatable bonds is 8. The van der Waals surface area contributed by atoms with E-state index in [0.717, 1.165) is 12.2 Å². The number of hydrogen-bond acceptors (Lipinski definition) is 8. The first-order valence-corrected chi connectivity index (χ1v) is 7.16. The van der Waals surface area contributed by atoms with E-state index in [0.29, 0.717) is 12.2 Å². The predicted octanol–water partition coefficient (Wildman–Crippen LogP) is -1.40. The molecule has 0 radical (unpaired) electrons. The molecule has 9 heteroatoms. The number of carbonyl (C=O) groups is 4. The molecule has 0 aromatic heterocycles. The van der Waals surface area contributed by atoms with Crippen molar-refractivity contribution in [2.24, 2.45) is 11.8 Å². The zero-order chi connectivity index (χ0) is 19.1. The van der Waals surface area contributed by atoms with E-state index in [1.165, 1.54) is 0 Å². The van der Waals surface area contributed by atoms with Gasteiger partial charge in [0.05, 0.1) is 25.2 Å². The van der Waals surface area contributed by atoms with Gasteiger partial charge in [-0.1, -0.05) is 27.7 Å². The van der Waals surface area contributed by atoms with E-state index in [2.05, 4.69) is 9.47 Å². The van der Waals surface area contributed by atoms with Crippen LogP contribution in [-0.4, -0.2) is 86.0 Å². The second-order valence-corrected chi connectivity index (χ2v) is 5.35. The van der Waals surface area contributed by atoms with Crippen LogP contribution in [0, 0.1) is 11.8 Å². The molecule has 8 nitrogen and oxygen atoms in total. The van der Waals surface area contributed by atoms with E-state index < -0.39 is 23.9 Å². The molecule has 0 aliphatic carbocycles. The summed E-state index contributed by atoms with van der Waals surface area (Å²) in [6, 6.07) is 0. The number of hydrogen-bond donors (Lipinski definition) is 0. The third-order valence-electron chi connectivity index (χ3n) is 1.83. The summed E-state index contributed by atoms with van der Waals surface area (Å²) in [4.78, 5) is 41.0. The van der Waals surface area contributed by atoms with Crippen molar-refractivity contribution in [3.63, 3.8) is 0 Å². The zero-order valence-electron chi connectivity index (χ0n) is 14.9. The maximum Gasteiger partial charge on any atom is 2.00 e. The minimum absolute atomic E-state index is 0.